The molecule has 30 heavy (non-hydrogen) atoms. The van der Waals surface area contributed by atoms with Gasteiger partial charge in [0.15, 0.2) is 0 Å². The molecule has 0 radical (unpaired) electrons. The van der Waals surface area contributed by atoms with Crippen LogP contribution in [0.15, 0.2) is 36.4 Å². The van der Waals surface area contributed by atoms with Crippen LogP contribution < -0.4 is 25.2 Å². The summed E-state index contributed by atoms with van der Waals surface area (Å²) in [5.74, 6) is -1.45. The zero-order valence-corrected chi connectivity index (χ0v) is 16.8. The van der Waals surface area contributed by atoms with Crippen molar-refractivity contribution in [3.63, 3.8) is 0 Å². The number of anilines is 2. The first kappa shape index (κ1) is 21.2. The van der Waals surface area contributed by atoms with Crippen LogP contribution in [-0.4, -0.2) is 31.0 Å². The third-order valence-electron chi connectivity index (χ3n) is 4.53. The van der Waals surface area contributed by atoms with Crippen molar-refractivity contribution < 1.29 is 29.0 Å². The van der Waals surface area contributed by atoms with Crippen molar-refractivity contribution in [3.05, 3.63) is 47.5 Å². The summed E-state index contributed by atoms with van der Waals surface area (Å²) in [6, 6.07) is 8.92. The molecule has 2 N–H and O–H groups in total. The van der Waals surface area contributed by atoms with Crippen LogP contribution in [0, 0.1) is 5.92 Å². The van der Waals surface area contributed by atoms with Gasteiger partial charge in [-0.15, -0.1) is 0 Å². The molecule has 8 nitrogen and oxygen atoms in total. The number of rotatable bonds is 9. The van der Waals surface area contributed by atoms with Crippen molar-refractivity contribution in [2.75, 3.05) is 23.8 Å². The van der Waals surface area contributed by atoms with E-state index in [0.717, 1.165) is 12.8 Å². The molecule has 0 aliphatic heterocycles. The number of amides is 2. The molecule has 0 aromatic heterocycles. The van der Waals surface area contributed by atoms with Gasteiger partial charge >= 0.3 is 0 Å². The summed E-state index contributed by atoms with van der Waals surface area (Å²) in [6.07, 6.45) is 1.72. The maximum atomic E-state index is 12.8. The van der Waals surface area contributed by atoms with Crippen LogP contribution in [0.2, 0.25) is 0 Å². The second-order valence-electron chi connectivity index (χ2n) is 6.76. The van der Waals surface area contributed by atoms with E-state index < -0.39 is 11.9 Å². The lowest BCUT2D eigenvalue weighted by atomic mass is 10.1. The van der Waals surface area contributed by atoms with Gasteiger partial charge in [0.25, 0.3) is 5.91 Å². The van der Waals surface area contributed by atoms with E-state index in [-0.39, 0.29) is 23.0 Å². The molecule has 8 heteroatoms. The largest absolute Gasteiger partial charge is 0.545 e. The summed E-state index contributed by atoms with van der Waals surface area (Å²) in [5.41, 5.74) is 0.489. The van der Waals surface area contributed by atoms with E-state index in [4.69, 9.17) is 9.47 Å². The summed E-state index contributed by atoms with van der Waals surface area (Å²) >= 11 is 0. The summed E-state index contributed by atoms with van der Waals surface area (Å²) < 4.78 is 11.3. The lowest BCUT2D eigenvalue weighted by Crippen LogP contribution is -2.26. The Morgan fingerprint density at radius 3 is 1.97 bits per heavy atom. The fraction of sp³-hybridized carbons (Fsp3) is 0.318. The van der Waals surface area contributed by atoms with Crippen molar-refractivity contribution in [1.29, 1.82) is 0 Å². The molecule has 1 aliphatic carbocycles. The lowest BCUT2D eigenvalue weighted by molar-refractivity contribution is -0.255. The molecule has 0 atom stereocenters. The normalized spacial score (nSPS) is 12.7. The van der Waals surface area contributed by atoms with Gasteiger partial charge in [-0.1, -0.05) is 18.2 Å². The molecule has 1 aliphatic rings. The van der Waals surface area contributed by atoms with Gasteiger partial charge in [-0.25, -0.2) is 0 Å². The molecule has 2 aromatic carbocycles. The number of carbonyl (C=O) groups is 3. The molecular formula is C22H23N2O6-. The Bertz CT molecular complexity index is 968. The Morgan fingerprint density at radius 2 is 1.47 bits per heavy atom. The van der Waals surface area contributed by atoms with E-state index in [1.807, 2.05) is 0 Å². The summed E-state index contributed by atoms with van der Waals surface area (Å²) in [7, 11) is 0. The van der Waals surface area contributed by atoms with Gasteiger partial charge < -0.3 is 30.0 Å². The maximum absolute atomic E-state index is 12.8. The van der Waals surface area contributed by atoms with Crippen molar-refractivity contribution in [3.8, 4) is 11.5 Å². The van der Waals surface area contributed by atoms with E-state index in [1.165, 1.54) is 18.2 Å². The first-order chi connectivity index (χ1) is 14.4. The van der Waals surface area contributed by atoms with Crippen molar-refractivity contribution in [2.45, 2.75) is 26.7 Å². The summed E-state index contributed by atoms with van der Waals surface area (Å²) in [4.78, 5) is 36.3. The molecule has 0 heterocycles. The minimum absolute atomic E-state index is 0.00975. The third kappa shape index (κ3) is 4.89. The number of benzene rings is 2. The number of carboxylic acids is 1. The highest BCUT2D eigenvalue weighted by molar-refractivity contribution is 6.11. The van der Waals surface area contributed by atoms with Crippen LogP contribution in [0.3, 0.4) is 0 Å². The van der Waals surface area contributed by atoms with Gasteiger partial charge in [0.2, 0.25) is 5.91 Å². The first-order valence-corrected chi connectivity index (χ1v) is 9.80. The van der Waals surface area contributed by atoms with Gasteiger partial charge in [-0.2, -0.15) is 0 Å². The van der Waals surface area contributed by atoms with Crippen LogP contribution >= 0.6 is 0 Å². The maximum Gasteiger partial charge on any atom is 0.256 e. The smallest absolute Gasteiger partial charge is 0.256 e. The Kier molecular flexibility index (Phi) is 6.56. The van der Waals surface area contributed by atoms with Gasteiger partial charge in [-0.3, -0.25) is 9.59 Å². The number of ether oxygens (including phenoxy) is 2. The molecule has 158 valence electrons. The number of carboxylic acid groups (broad SMARTS) is 1. The zero-order valence-electron chi connectivity index (χ0n) is 16.8. The minimum Gasteiger partial charge on any atom is -0.545 e. The van der Waals surface area contributed by atoms with E-state index >= 15 is 0 Å². The number of hydrogen-bond donors (Lipinski definition) is 2. The predicted octanol–water partition coefficient (Wildman–Crippen LogP) is 2.45. The monoisotopic (exact) mass is 411 g/mol. The molecule has 0 saturated heterocycles. The average Bonchev–Trinajstić information content (AvgIpc) is 3.56. The topological polar surface area (TPSA) is 117 Å². The molecule has 1 fully saturated rings. The molecule has 0 spiro atoms. The second-order valence-corrected chi connectivity index (χ2v) is 6.76. The third-order valence-corrected chi connectivity index (χ3v) is 4.53. The highest BCUT2D eigenvalue weighted by Gasteiger charge is 2.30. The summed E-state index contributed by atoms with van der Waals surface area (Å²) in [6.45, 7) is 4.26. The van der Waals surface area contributed by atoms with Crippen molar-refractivity contribution in [2.24, 2.45) is 5.92 Å². The van der Waals surface area contributed by atoms with Gasteiger partial charge in [-0.05, 0) is 32.8 Å². The number of carbonyl (C=O) groups excluding carboxylic acids is 3. The minimum atomic E-state index is -1.45. The molecule has 0 unspecified atom stereocenters. The number of aromatic carboxylic acids is 1. The molecule has 3 rings (SSSR count). The molecule has 2 aromatic rings. The molecular weight excluding hydrogens is 388 g/mol. The Hall–Kier alpha value is -3.55. The van der Waals surface area contributed by atoms with E-state index in [1.54, 1.807) is 32.0 Å². The summed E-state index contributed by atoms with van der Waals surface area (Å²) in [5, 5.41) is 16.8. The Balaban J connectivity index is 1.94. The van der Waals surface area contributed by atoms with Crippen LogP contribution in [0.25, 0.3) is 0 Å². The molecule has 0 bridgehead atoms. The standard InChI is InChI=1S/C22H24N2O6/c1-3-29-18-12-17(24-21(26)14-7-5-6-8-15(14)22(27)28)19(30-4-2)11-16(18)23-20(25)13-9-10-13/h5-8,11-13H,3-4,9-10H2,1-2H3,(H,23,25)(H,24,26)(H,27,28)/p-1. The van der Waals surface area contributed by atoms with E-state index in [0.29, 0.717) is 36.1 Å². The van der Waals surface area contributed by atoms with Gasteiger partial charge in [0, 0.05) is 29.2 Å². The second kappa shape index (κ2) is 9.30. The van der Waals surface area contributed by atoms with Crippen LogP contribution in [0.5, 0.6) is 11.5 Å². The van der Waals surface area contributed by atoms with Crippen molar-refractivity contribution in [1.82, 2.24) is 0 Å². The van der Waals surface area contributed by atoms with Crippen LogP contribution in [0.1, 0.15) is 47.4 Å². The molecule has 2 amide bonds. The SMILES string of the molecule is CCOc1cc(NC(=O)C2CC2)c(OCC)cc1NC(=O)c1ccccc1C(=O)[O-]. The van der Waals surface area contributed by atoms with Gasteiger partial charge in [0.05, 0.1) is 30.6 Å². The average molecular weight is 411 g/mol. The quantitative estimate of drug-likeness (QED) is 0.655. The highest BCUT2D eigenvalue weighted by Crippen LogP contribution is 2.39. The fourth-order valence-electron chi connectivity index (χ4n) is 2.93. The highest BCUT2D eigenvalue weighted by atomic mass is 16.5. The zero-order chi connectivity index (χ0) is 21.7. The lowest BCUT2D eigenvalue weighted by Gasteiger charge is -2.18. The Morgan fingerprint density at radius 1 is 0.933 bits per heavy atom. The first-order valence-electron chi connectivity index (χ1n) is 9.80. The predicted molar refractivity (Wildman–Crippen MR) is 109 cm³/mol. The van der Waals surface area contributed by atoms with E-state index in [9.17, 15) is 19.5 Å². The molecule has 1 saturated carbocycles. The van der Waals surface area contributed by atoms with Crippen LogP contribution in [-0.2, 0) is 4.79 Å². The number of hydrogen-bond acceptors (Lipinski definition) is 6. The van der Waals surface area contributed by atoms with Crippen molar-refractivity contribution >= 4 is 29.2 Å². The van der Waals surface area contributed by atoms with E-state index in [2.05, 4.69) is 10.6 Å². The van der Waals surface area contributed by atoms with Crippen LogP contribution in [0.4, 0.5) is 11.4 Å². The number of nitrogens with one attached hydrogen (secondary N) is 2. The van der Waals surface area contributed by atoms with Gasteiger partial charge in [0.1, 0.15) is 11.5 Å². The Labute approximate surface area is 174 Å². The fourth-order valence-corrected chi connectivity index (χ4v) is 2.93.